The number of nitro groups is 1. The smallest absolute Gasteiger partial charge is 0.220 e. The summed E-state index contributed by atoms with van der Waals surface area (Å²) < 4.78 is 7.74. The van der Waals surface area contributed by atoms with Gasteiger partial charge in [0.15, 0.2) is 5.16 Å². The van der Waals surface area contributed by atoms with Crippen molar-refractivity contribution in [2.75, 3.05) is 6.54 Å². The first-order valence-corrected chi connectivity index (χ1v) is 12.4. The summed E-state index contributed by atoms with van der Waals surface area (Å²) >= 11 is 13.7. The lowest BCUT2D eigenvalue weighted by molar-refractivity contribution is -0.479. The predicted octanol–water partition coefficient (Wildman–Crippen LogP) is 6.88. The molecule has 4 rings (SSSR count). The molecule has 1 heterocycles. The van der Waals surface area contributed by atoms with Gasteiger partial charge in [0.1, 0.15) is 23.4 Å². The molecule has 0 radical (unpaired) electrons. The van der Waals surface area contributed by atoms with Crippen molar-refractivity contribution in [1.82, 2.24) is 14.8 Å². The van der Waals surface area contributed by atoms with Gasteiger partial charge in [-0.1, -0.05) is 65.3 Å². The third kappa shape index (κ3) is 6.33. The van der Waals surface area contributed by atoms with Crippen LogP contribution in [0.4, 0.5) is 0 Å². The Morgan fingerprint density at radius 1 is 1.06 bits per heavy atom. The molecule has 180 valence electrons. The summed E-state index contributed by atoms with van der Waals surface area (Å²) in [7, 11) is 0. The molecule has 0 unspecified atom stereocenters. The first kappa shape index (κ1) is 25.0. The Kier molecular flexibility index (Phi) is 7.95. The van der Waals surface area contributed by atoms with Crippen LogP contribution in [0.1, 0.15) is 27.8 Å². The first-order chi connectivity index (χ1) is 16.8. The Bertz CT molecular complexity index is 1350. The van der Waals surface area contributed by atoms with E-state index >= 15 is 0 Å². The summed E-state index contributed by atoms with van der Waals surface area (Å²) in [4.78, 5) is 11.2. The normalized spacial score (nSPS) is 11.9. The molecule has 7 nitrogen and oxygen atoms in total. The maximum absolute atomic E-state index is 11.5. The van der Waals surface area contributed by atoms with Gasteiger partial charge in [-0.2, -0.15) is 0 Å². The van der Waals surface area contributed by atoms with Gasteiger partial charge in [-0.3, -0.25) is 14.7 Å². The van der Waals surface area contributed by atoms with Gasteiger partial charge in [0, 0.05) is 15.6 Å². The van der Waals surface area contributed by atoms with Gasteiger partial charge >= 0.3 is 0 Å². The van der Waals surface area contributed by atoms with Crippen LogP contribution in [0.25, 0.3) is 5.69 Å². The second-order valence-electron chi connectivity index (χ2n) is 7.93. The van der Waals surface area contributed by atoms with Crippen molar-refractivity contribution in [3.63, 3.8) is 0 Å². The summed E-state index contributed by atoms with van der Waals surface area (Å²) in [5.74, 6) is 1.19. The summed E-state index contributed by atoms with van der Waals surface area (Å²) in [6.07, 6.45) is 0. The van der Waals surface area contributed by atoms with Crippen molar-refractivity contribution in [3.8, 4) is 11.4 Å². The fourth-order valence-corrected chi connectivity index (χ4v) is 5.07. The quantitative estimate of drug-likeness (QED) is 0.134. The molecule has 0 saturated heterocycles. The molecule has 4 aromatic rings. The molecule has 0 spiro atoms. The highest BCUT2D eigenvalue weighted by atomic mass is 35.5. The van der Waals surface area contributed by atoms with Crippen LogP contribution in [0.2, 0.25) is 10.0 Å². The van der Waals surface area contributed by atoms with E-state index in [1.165, 1.54) is 11.8 Å². The van der Waals surface area contributed by atoms with Crippen molar-refractivity contribution < 1.29 is 9.66 Å². The molecule has 1 atom stereocenters. The zero-order chi connectivity index (χ0) is 24.9. The average Bonchev–Trinajstić information content (AvgIpc) is 3.18. The minimum Gasteiger partial charge on any atom is -0.487 e. The summed E-state index contributed by atoms with van der Waals surface area (Å²) in [6.45, 7) is 3.88. The van der Waals surface area contributed by atoms with E-state index in [1.807, 2.05) is 54.8 Å². The van der Waals surface area contributed by atoms with Crippen molar-refractivity contribution >= 4 is 35.0 Å². The van der Waals surface area contributed by atoms with Gasteiger partial charge in [-0.05, 0) is 66.9 Å². The van der Waals surface area contributed by atoms with Crippen molar-refractivity contribution in [1.29, 1.82) is 0 Å². The van der Waals surface area contributed by atoms with E-state index in [-0.39, 0.29) is 11.5 Å². The van der Waals surface area contributed by atoms with Gasteiger partial charge in [-0.25, -0.2) is 0 Å². The molecule has 3 aromatic carbocycles. The van der Waals surface area contributed by atoms with Crippen molar-refractivity contribution in [3.05, 3.63) is 109 Å². The van der Waals surface area contributed by atoms with Gasteiger partial charge in [0.2, 0.25) is 6.54 Å². The lowest BCUT2D eigenvalue weighted by Crippen LogP contribution is -2.11. The largest absolute Gasteiger partial charge is 0.487 e. The number of aryl methyl sites for hydroxylation is 2. The van der Waals surface area contributed by atoms with Crippen LogP contribution in [-0.4, -0.2) is 26.2 Å². The zero-order valence-corrected chi connectivity index (χ0v) is 21.3. The number of ether oxygens (including phenoxy) is 1. The van der Waals surface area contributed by atoms with Crippen molar-refractivity contribution in [2.24, 2.45) is 0 Å². The minimum absolute atomic E-state index is 0.300. The number of rotatable bonds is 9. The van der Waals surface area contributed by atoms with Crippen LogP contribution in [0, 0.1) is 24.0 Å². The topological polar surface area (TPSA) is 83.1 Å². The lowest BCUT2D eigenvalue weighted by Gasteiger charge is -2.16. The number of halogens is 2. The van der Waals surface area contributed by atoms with E-state index in [1.54, 1.807) is 30.3 Å². The Balaban J connectivity index is 1.57. The SMILES string of the molecule is Cc1cccc(-n2c(C)nnc2S[C@@H](C[N+](=O)[O-])c2ccc(OCc3ccc(Cl)cc3)c(Cl)c2)c1. The number of hydrogen-bond acceptors (Lipinski definition) is 6. The number of benzene rings is 3. The maximum atomic E-state index is 11.5. The summed E-state index contributed by atoms with van der Waals surface area (Å²) in [6, 6.07) is 20.5. The molecule has 0 fully saturated rings. The molecule has 0 aliphatic heterocycles. The van der Waals surface area contributed by atoms with Crippen LogP contribution in [0.3, 0.4) is 0 Å². The van der Waals surface area contributed by atoms with Gasteiger partial charge < -0.3 is 4.74 Å². The molecular formula is C25H22Cl2N4O3S. The van der Waals surface area contributed by atoms with Crippen LogP contribution in [-0.2, 0) is 6.61 Å². The van der Waals surface area contributed by atoms with Gasteiger partial charge in [-0.15, -0.1) is 10.2 Å². The third-order valence-electron chi connectivity index (χ3n) is 5.25. The Labute approximate surface area is 217 Å². The standard InChI is InChI=1S/C25H22Cl2N4O3S/c1-16-4-3-5-21(12-16)31-17(2)28-29-25(31)35-24(14-30(32)33)19-8-11-23(22(27)13-19)34-15-18-6-9-20(26)10-7-18/h3-13,24H,14-15H2,1-2H3/t24-/m0/s1. The van der Waals surface area contributed by atoms with E-state index in [4.69, 9.17) is 27.9 Å². The molecule has 0 amide bonds. The first-order valence-electron chi connectivity index (χ1n) is 10.7. The van der Waals surface area contributed by atoms with Crippen molar-refractivity contribution in [2.45, 2.75) is 30.9 Å². The second-order valence-corrected chi connectivity index (χ2v) is 9.94. The molecule has 1 aromatic heterocycles. The molecule has 35 heavy (non-hydrogen) atoms. The monoisotopic (exact) mass is 528 g/mol. The van der Waals surface area contributed by atoms with Gasteiger partial charge in [0.25, 0.3) is 0 Å². The molecule has 10 heteroatoms. The van der Waals surface area contributed by atoms with E-state index in [0.29, 0.717) is 38.9 Å². The molecule has 0 N–H and O–H groups in total. The van der Waals surface area contributed by atoms with E-state index in [9.17, 15) is 10.1 Å². The van der Waals surface area contributed by atoms with Gasteiger partial charge in [0.05, 0.1) is 5.02 Å². The van der Waals surface area contributed by atoms with Crippen LogP contribution >= 0.6 is 35.0 Å². The number of aromatic nitrogens is 3. The fraction of sp³-hybridized carbons (Fsp3) is 0.200. The average molecular weight is 529 g/mol. The van der Waals surface area contributed by atoms with Crippen LogP contribution < -0.4 is 4.74 Å². The number of thioether (sulfide) groups is 1. The molecular weight excluding hydrogens is 507 g/mol. The fourth-order valence-electron chi connectivity index (χ4n) is 3.53. The Morgan fingerprint density at radius 3 is 2.51 bits per heavy atom. The molecule has 0 aliphatic carbocycles. The molecule has 0 saturated carbocycles. The summed E-state index contributed by atoms with van der Waals surface area (Å²) in [5.41, 5.74) is 3.64. The molecule has 0 bridgehead atoms. The molecule has 0 aliphatic rings. The third-order valence-corrected chi connectivity index (χ3v) is 6.98. The minimum atomic E-state index is -0.528. The summed E-state index contributed by atoms with van der Waals surface area (Å²) in [5, 5.41) is 21.1. The zero-order valence-electron chi connectivity index (χ0n) is 19.0. The second kappa shape index (κ2) is 11.1. The lowest BCUT2D eigenvalue weighted by atomic mass is 10.1. The Morgan fingerprint density at radius 2 is 1.83 bits per heavy atom. The highest BCUT2D eigenvalue weighted by Crippen LogP contribution is 2.38. The highest BCUT2D eigenvalue weighted by molar-refractivity contribution is 7.99. The Hall–Kier alpha value is -3.07. The van der Waals surface area contributed by atoms with E-state index in [2.05, 4.69) is 10.2 Å². The maximum Gasteiger partial charge on any atom is 0.220 e. The predicted molar refractivity (Wildman–Crippen MR) is 139 cm³/mol. The van der Waals surface area contributed by atoms with Crippen LogP contribution in [0.15, 0.2) is 71.9 Å². The highest BCUT2D eigenvalue weighted by Gasteiger charge is 2.24. The van der Waals surface area contributed by atoms with Crippen LogP contribution in [0.5, 0.6) is 5.75 Å². The number of hydrogen-bond donors (Lipinski definition) is 0. The number of nitrogens with zero attached hydrogens (tertiary/aromatic N) is 4. The van der Waals surface area contributed by atoms with E-state index < -0.39 is 5.25 Å². The van der Waals surface area contributed by atoms with E-state index in [0.717, 1.165) is 16.8 Å².